The number of carbonyl (C=O) groups is 1. The number of sulfonamides is 1. The minimum atomic E-state index is -9.28. The third-order valence-electron chi connectivity index (χ3n) is 4.79. The van der Waals surface area contributed by atoms with Crippen LogP contribution in [0, 0.1) is 0 Å². The van der Waals surface area contributed by atoms with E-state index in [1.54, 1.807) is 0 Å². The Hall–Kier alpha value is -2.35. The Morgan fingerprint density at radius 3 is 1.28 bits per heavy atom. The fourth-order valence-corrected chi connectivity index (χ4v) is 4.00. The van der Waals surface area contributed by atoms with Gasteiger partial charge in [0.15, 0.2) is 0 Å². The molecule has 0 amide bonds. The Bertz CT molecular complexity index is 1160. The van der Waals surface area contributed by atoms with E-state index in [0.29, 0.717) is 6.92 Å². The van der Waals surface area contributed by atoms with Crippen LogP contribution in [0.2, 0.25) is 0 Å². The Balaban J connectivity index is 7.42. The molecule has 0 aliphatic rings. The fraction of sp³-hybridized carbons (Fsp3) is 0.812. The number of hydrogen-bond donors (Lipinski definition) is 0. The Kier molecular flexibility index (Phi) is 10.3. The predicted octanol–water partition coefficient (Wildman–Crippen LogP) is 6.91. The summed E-state index contributed by atoms with van der Waals surface area (Å²) in [6, 6.07) is -7.11. The first kappa shape index (κ1) is 40.6. The van der Waals surface area contributed by atoms with E-state index in [1.165, 1.54) is 0 Å². The van der Waals surface area contributed by atoms with Gasteiger partial charge in [0.05, 0.1) is 0 Å². The maximum Gasteiger partial charge on any atom is 0.483 e. The molecule has 0 N–H and O–H groups in total. The molecule has 0 radical (unpaired) electrons. The van der Waals surface area contributed by atoms with Crippen LogP contribution in [-0.4, -0.2) is 84.4 Å². The SMILES string of the molecule is C=CC(=O)OC(F)(F)C(F)(F)N(CCC)S(=O)(=O)C(F)(F)C(F)(F)C(F)(F)C(F)(F)C(F)(F)C(F)(F)C(F)(F)C(F)(F)F. The van der Waals surface area contributed by atoms with Gasteiger partial charge in [0, 0.05) is 12.6 Å². The summed E-state index contributed by atoms with van der Waals surface area (Å²) in [5.74, 6) is -56.9. The molecule has 0 bridgehead atoms. The van der Waals surface area contributed by atoms with Crippen molar-refractivity contribution in [2.75, 3.05) is 6.54 Å². The van der Waals surface area contributed by atoms with Gasteiger partial charge in [-0.3, -0.25) is 0 Å². The molecule has 0 aromatic rings. The molecule has 43 heavy (non-hydrogen) atoms. The zero-order chi connectivity index (χ0) is 35.5. The highest BCUT2D eigenvalue weighted by atomic mass is 32.2. The van der Waals surface area contributed by atoms with Crippen LogP contribution in [0.25, 0.3) is 0 Å². The lowest BCUT2D eigenvalue weighted by atomic mass is 9.91. The standard InChI is InChI=1S/C16H10F21NO4S/c1-3-5-38(14(32,33)15(34,35)42-6(39)4-2)43(40,41)16(36,37)12(27,28)10(23,24)8(19,20)7(17,18)9(21,22)11(25,26)13(29,30)31/h4H,2-3,5H2,1H3. The maximum absolute atomic E-state index is 14.3. The summed E-state index contributed by atoms with van der Waals surface area (Å²) in [6.07, 6.45) is -16.7. The topological polar surface area (TPSA) is 63.7 Å². The second-order valence-electron chi connectivity index (χ2n) is 7.72. The van der Waals surface area contributed by atoms with E-state index in [4.69, 9.17) is 0 Å². The van der Waals surface area contributed by atoms with Crippen LogP contribution in [-0.2, 0) is 19.6 Å². The second-order valence-corrected chi connectivity index (χ2v) is 9.62. The van der Waals surface area contributed by atoms with Gasteiger partial charge in [-0.15, -0.1) is 4.31 Å². The van der Waals surface area contributed by atoms with E-state index in [1.807, 2.05) is 0 Å². The van der Waals surface area contributed by atoms with Crippen molar-refractivity contribution in [1.82, 2.24) is 4.31 Å². The van der Waals surface area contributed by atoms with Crippen molar-refractivity contribution in [3.05, 3.63) is 12.7 Å². The van der Waals surface area contributed by atoms with Crippen LogP contribution in [0.5, 0.6) is 0 Å². The van der Waals surface area contributed by atoms with Crippen molar-refractivity contribution in [1.29, 1.82) is 0 Å². The Morgan fingerprint density at radius 1 is 0.651 bits per heavy atom. The number of esters is 1. The largest absolute Gasteiger partial charge is 0.483 e. The zero-order valence-corrected chi connectivity index (χ0v) is 20.4. The molecule has 256 valence electrons. The quantitative estimate of drug-likeness (QED) is 0.0851. The summed E-state index contributed by atoms with van der Waals surface area (Å²) in [6.45, 7) is 0.0614. The number of rotatable bonds is 14. The lowest BCUT2D eigenvalue weighted by molar-refractivity contribution is -0.458. The van der Waals surface area contributed by atoms with Crippen LogP contribution in [0.3, 0.4) is 0 Å². The first-order valence-electron chi connectivity index (χ1n) is 9.74. The zero-order valence-electron chi connectivity index (χ0n) is 19.6. The lowest BCUT2D eigenvalue weighted by Crippen LogP contribution is -2.75. The maximum atomic E-state index is 14.3. The van der Waals surface area contributed by atoms with E-state index in [2.05, 4.69) is 11.3 Å². The molecule has 0 saturated heterocycles. The molecule has 0 heterocycles. The van der Waals surface area contributed by atoms with Gasteiger partial charge in [-0.25, -0.2) is 13.2 Å². The smallest absolute Gasteiger partial charge is 0.392 e. The average molecular weight is 711 g/mol. The molecule has 0 saturated carbocycles. The molecular formula is C16H10F21NO4S. The lowest BCUT2D eigenvalue weighted by Gasteiger charge is -2.43. The number of halogens is 21. The molecule has 27 heteroatoms. The van der Waals surface area contributed by atoms with Crippen molar-refractivity contribution in [2.45, 2.75) is 72.5 Å². The third-order valence-corrected chi connectivity index (χ3v) is 6.69. The molecular weight excluding hydrogens is 701 g/mol. The molecule has 0 atom stereocenters. The monoisotopic (exact) mass is 711 g/mol. The minimum absolute atomic E-state index is 0.356. The molecule has 0 fully saturated rings. The molecule has 0 spiro atoms. The molecule has 0 unspecified atom stereocenters. The van der Waals surface area contributed by atoms with E-state index in [9.17, 15) is 105 Å². The van der Waals surface area contributed by atoms with E-state index < -0.39 is 98.5 Å². The summed E-state index contributed by atoms with van der Waals surface area (Å²) in [7, 11) is -8.85. The van der Waals surface area contributed by atoms with Gasteiger partial charge < -0.3 is 4.74 Å². The van der Waals surface area contributed by atoms with Gasteiger partial charge in [-0.1, -0.05) is 13.5 Å². The number of alkyl halides is 21. The highest BCUT2D eigenvalue weighted by Gasteiger charge is 2.96. The molecule has 5 nitrogen and oxygen atoms in total. The van der Waals surface area contributed by atoms with E-state index >= 15 is 0 Å². The van der Waals surface area contributed by atoms with E-state index in [0.717, 1.165) is 0 Å². The molecule has 0 aliphatic carbocycles. The van der Waals surface area contributed by atoms with Gasteiger partial charge in [0.1, 0.15) is 0 Å². The molecule has 0 rings (SSSR count). The van der Waals surface area contributed by atoms with Crippen LogP contribution in [0.15, 0.2) is 12.7 Å². The summed E-state index contributed by atoms with van der Waals surface area (Å²) in [4.78, 5) is 10.8. The van der Waals surface area contributed by atoms with Gasteiger partial charge in [0.25, 0.3) is 10.0 Å². The first-order valence-corrected chi connectivity index (χ1v) is 11.2. The second kappa shape index (κ2) is 10.9. The van der Waals surface area contributed by atoms with Crippen molar-refractivity contribution in [3.8, 4) is 0 Å². The van der Waals surface area contributed by atoms with Gasteiger partial charge in [-0.05, 0) is 6.42 Å². The molecule has 0 aromatic carbocycles. The Labute approximate surface area is 223 Å². The normalized spacial score (nSPS) is 16.0. The number of hydrogen-bond acceptors (Lipinski definition) is 4. The van der Waals surface area contributed by atoms with Crippen LogP contribution in [0.1, 0.15) is 13.3 Å². The molecule has 0 aliphatic heterocycles. The number of nitrogens with zero attached hydrogens (tertiary/aromatic N) is 1. The summed E-state index contributed by atoms with van der Waals surface area (Å²) >= 11 is 0. The Morgan fingerprint density at radius 2 is 0.977 bits per heavy atom. The van der Waals surface area contributed by atoms with Crippen LogP contribution < -0.4 is 0 Å². The van der Waals surface area contributed by atoms with Gasteiger partial charge in [-0.2, -0.15) is 92.2 Å². The van der Waals surface area contributed by atoms with Crippen LogP contribution in [0.4, 0.5) is 92.2 Å². The predicted molar refractivity (Wildman–Crippen MR) is 92.8 cm³/mol. The summed E-state index contributed by atoms with van der Waals surface area (Å²) in [5.41, 5.74) is 0. The highest BCUT2D eigenvalue weighted by Crippen LogP contribution is 2.64. The fourth-order valence-electron chi connectivity index (χ4n) is 2.44. The summed E-state index contributed by atoms with van der Waals surface area (Å²) in [5, 5.41) is -8.55. The molecule has 0 aromatic heterocycles. The number of carbonyl (C=O) groups excluding carboxylic acids is 1. The minimum Gasteiger partial charge on any atom is -0.392 e. The van der Waals surface area contributed by atoms with Crippen molar-refractivity contribution < 1.29 is 110 Å². The average Bonchev–Trinajstić information content (AvgIpc) is 2.79. The van der Waals surface area contributed by atoms with Crippen molar-refractivity contribution in [2.24, 2.45) is 0 Å². The highest BCUT2D eigenvalue weighted by molar-refractivity contribution is 7.90. The third kappa shape index (κ3) is 5.55. The van der Waals surface area contributed by atoms with Gasteiger partial charge in [0.2, 0.25) is 0 Å². The van der Waals surface area contributed by atoms with Crippen molar-refractivity contribution >= 4 is 16.0 Å². The number of ether oxygens (including phenoxy) is 1. The van der Waals surface area contributed by atoms with Crippen LogP contribution >= 0.6 is 0 Å². The van der Waals surface area contributed by atoms with Crippen molar-refractivity contribution in [3.63, 3.8) is 0 Å². The summed E-state index contributed by atoms with van der Waals surface area (Å²) < 4.78 is 307. The van der Waals surface area contributed by atoms with Gasteiger partial charge >= 0.3 is 65.1 Å². The first-order chi connectivity index (χ1) is 18.4. The van der Waals surface area contributed by atoms with E-state index in [-0.39, 0.29) is 0 Å².